The molecule has 4 heterocycles. The average Bonchev–Trinajstić information content (AvgIpc) is 3.02. The molecule has 0 aromatic heterocycles. The second-order valence-electron chi connectivity index (χ2n) is 11.2. The highest BCUT2D eigenvalue weighted by molar-refractivity contribution is 4.96. The molecule has 21 heteroatoms. The highest BCUT2D eigenvalue weighted by Gasteiger charge is 2.52. The Bertz CT molecular complexity index is 914. The summed E-state index contributed by atoms with van der Waals surface area (Å²) < 4.78 is 37.7. The highest BCUT2D eigenvalue weighted by Crippen LogP contribution is 2.31. The molecule has 4 aliphatic rings. The van der Waals surface area contributed by atoms with Gasteiger partial charge in [0.05, 0.1) is 26.4 Å². The van der Waals surface area contributed by atoms with E-state index in [2.05, 4.69) is 0 Å². The van der Waals surface area contributed by atoms with Gasteiger partial charge in [-0.25, -0.2) is 0 Å². The van der Waals surface area contributed by atoms with Crippen LogP contribution < -0.4 is 0 Å². The van der Waals surface area contributed by atoms with Crippen molar-refractivity contribution in [2.75, 3.05) is 26.4 Å². The van der Waals surface area contributed by atoms with Gasteiger partial charge in [0.15, 0.2) is 25.2 Å². The Kier molecular flexibility index (Phi) is 12.8. The van der Waals surface area contributed by atoms with Gasteiger partial charge in [-0.1, -0.05) is 0 Å². The largest absolute Gasteiger partial charge is 0.394 e. The van der Waals surface area contributed by atoms with Crippen LogP contribution in [0.3, 0.4) is 0 Å². The van der Waals surface area contributed by atoms with Crippen molar-refractivity contribution in [3.05, 3.63) is 0 Å². The molecule has 4 fully saturated rings. The van der Waals surface area contributed by atoms with Crippen LogP contribution in [-0.2, 0) is 33.2 Å². The fourth-order valence-corrected chi connectivity index (χ4v) is 5.33. The number of aliphatic hydroxyl groups is 14. The van der Waals surface area contributed by atoms with E-state index in [1.807, 2.05) is 0 Å². The second kappa shape index (κ2) is 15.6. The number of hydrogen-bond donors (Lipinski definition) is 14. The molecule has 0 radical (unpaired) electrons. The minimum atomic E-state index is -1.96. The van der Waals surface area contributed by atoms with Gasteiger partial charge in [0.25, 0.3) is 0 Å². The maximum absolute atomic E-state index is 11.1. The summed E-state index contributed by atoms with van der Waals surface area (Å²) in [5.74, 6) is 0. The van der Waals surface area contributed by atoms with Crippen LogP contribution in [0.4, 0.5) is 0 Å². The standard InChI is InChI=1S/C24H42O21/c25-1-5-9(27)14(32)17(35)22(42-5)39-4-8-12(30)20(45-24-18(36)15(33)10(28)6(2-26)43-24)19(37)23(44-8)40-3-7-11(29)13(31)16(34)21(38)41-7/h5-38H,1-4H2/t5-,6-,7-,8-,9-,10-,11-,12-,13+,14+,15+,16+,17+,18+,19+,20+,21?,22+,23+,24-/m1/s1. The van der Waals surface area contributed by atoms with Crippen LogP contribution in [0.2, 0.25) is 0 Å². The van der Waals surface area contributed by atoms with Crippen molar-refractivity contribution in [1.82, 2.24) is 0 Å². The molecule has 0 aromatic rings. The molecule has 14 N–H and O–H groups in total. The SMILES string of the molecule is OC[C@H]1O[C@H](OC[C@H]2O[C@H](OC[C@H]3OC(O)[C@@H](O)[C@@H](O)[C@@H]3O)[C@@H](O)[C@@H](O[C@H]3O[C@H](CO)[C@@H](O)[C@H](O)[C@@H]3O)[C@@H]2O)[C@@H](O)[C@@H](O)[C@@H]1O. The van der Waals surface area contributed by atoms with E-state index in [-0.39, 0.29) is 0 Å². The number of aliphatic hydroxyl groups excluding tert-OH is 14. The van der Waals surface area contributed by atoms with Gasteiger partial charge >= 0.3 is 0 Å². The predicted molar refractivity (Wildman–Crippen MR) is 134 cm³/mol. The first-order valence-electron chi connectivity index (χ1n) is 14.1. The predicted octanol–water partition coefficient (Wildman–Crippen LogP) is -9.75. The van der Waals surface area contributed by atoms with Gasteiger partial charge < -0.3 is 105 Å². The Morgan fingerprint density at radius 2 is 0.778 bits per heavy atom. The van der Waals surface area contributed by atoms with Crippen molar-refractivity contribution in [1.29, 1.82) is 0 Å². The number of hydrogen-bond acceptors (Lipinski definition) is 21. The summed E-state index contributed by atoms with van der Waals surface area (Å²) in [6, 6.07) is 0. The van der Waals surface area contributed by atoms with Gasteiger partial charge in [-0.2, -0.15) is 0 Å². The molecule has 0 aromatic carbocycles. The Morgan fingerprint density at radius 3 is 1.31 bits per heavy atom. The molecule has 0 saturated carbocycles. The number of rotatable bonds is 10. The molecule has 0 bridgehead atoms. The molecule has 20 atom stereocenters. The summed E-state index contributed by atoms with van der Waals surface area (Å²) in [4.78, 5) is 0. The van der Waals surface area contributed by atoms with Gasteiger partial charge in [0, 0.05) is 0 Å². The van der Waals surface area contributed by atoms with Gasteiger partial charge in [-0.3, -0.25) is 0 Å². The van der Waals surface area contributed by atoms with Crippen LogP contribution in [-0.4, -0.2) is 221 Å². The Hall–Kier alpha value is -0.840. The minimum Gasteiger partial charge on any atom is -0.394 e. The van der Waals surface area contributed by atoms with E-state index in [0.717, 1.165) is 0 Å². The first-order valence-corrected chi connectivity index (χ1v) is 14.1. The van der Waals surface area contributed by atoms with Crippen LogP contribution in [0.25, 0.3) is 0 Å². The normalized spacial score (nSPS) is 52.9. The van der Waals surface area contributed by atoms with E-state index < -0.39 is 149 Å². The summed E-state index contributed by atoms with van der Waals surface area (Å²) >= 11 is 0. The van der Waals surface area contributed by atoms with Crippen LogP contribution in [0.1, 0.15) is 0 Å². The van der Waals surface area contributed by atoms with Crippen LogP contribution in [0.15, 0.2) is 0 Å². The molecule has 21 nitrogen and oxygen atoms in total. The second-order valence-corrected chi connectivity index (χ2v) is 11.2. The quantitative estimate of drug-likeness (QED) is 0.103. The lowest BCUT2D eigenvalue weighted by molar-refractivity contribution is -0.370. The molecular weight excluding hydrogens is 624 g/mol. The Morgan fingerprint density at radius 1 is 0.378 bits per heavy atom. The van der Waals surface area contributed by atoms with E-state index in [1.54, 1.807) is 0 Å². The van der Waals surface area contributed by atoms with Crippen LogP contribution in [0.5, 0.6) is 0 Å². The van der Waals surface area contributed by atoms with Crippen molar-refractivity contribution >= 4 is 0 Å². The lowest BCUT2D eigenvalue weighted by Crippen LogP contribution is -2.65. The number of ether oxygens (including phenoxy) is 7. The zero-order chi connectivity index (χ0) is 33.3. The van der Waals surface area contributed by atoms with Crippen molar-refractivity contribution < 1.29 is 105 Å². The zero-order valence-electron chi connectivity index (χ0n) is 23.5. The van der Waals surface area contributed by atoms with E-state index >= 15 is 0 Å². The lowest BCUT2D eigenvalue weighted by atomic mass is 9.96. The molecular formula is C24H42O21. The molecule has 0 spiro atoms. The molecule has 1 unspecified atom stereocenters. The summed E-state index contributed by atoms with van der Waals surface area (Å²) in [5, 5.41) is 142. The maximum atomic E-state index is 11.1. The lowest BCUT2D eigenvalue weighted by Gasteiger charge is -2.47. The highest BCUT2D eigenvalue weighted by atomic mass is 16.8. The minimum absolute atomic E-state index is 0.702. The Labute approximate surface area is 254 Å². The van der Waals surface area contributed by atoms with E-state index in [4.69, 9.17) is 33.2 Å². The van der Waals surface area contributed by atoms with Crippen LogP contribution in [0, 0.1) is 0 Å². The first kappa shape index (κ1) is 37.0. The molecule has 264 valence electrons. The molecule has 0 aliphatic carbocycles. The fourth-order valence-electron chi connectivity index (χ4n) is 5.33. The average molecular weight is 667 g/mol. The molecule has 4 rings (SSSR count). The maximum Gasteiger partial charge on any atom is 0.187 e. The Balaban J connectivity index is 1.50. The van der Waals surface area contributed by atoms with Crippen molar-refractivity contribution in [3.63, 3.8) is 0 Å². The van der Waals surface area contributed by atoms with Gasteiger partial charge in [0.2, 0.25) is 0 Å². The summed E-state index contributed by atoms with van der Waals surface area (Å²) in [7, 11) is 0. The monoisotopic (exact) mass is 666 g/mol. The van der Waals surface area contributed by atoms with Crippen LogP contribution >= 0.6 is 0 Å². The van der Waals surface area contributed by atoms with E-state index in [1.165, 1.54) is 0 Å². The third kappa shape index (κ3) is 7.75. The molecule has 4 saturated heterocycles. The molecule has 4 aliphatic heterocycles. The molecule has 0 amide bonds. The topological polar surface area (TPSA) is 348 Å². The summed E-state index contributed by atoms with van der Waals surface area (Å²) in [5.41, 5.74) is 0. The van der Waals surface area contributed by atoms with E-state index in [0.29, 0.717) is 0 Å². The van der Waals surface area contributed by atoms with Crippen molar-refractivity contribution in [2.24, 2.45) is 0 Å². The third-order valence-corrected chi connectivity index (χ3v) is 8.17. The van der Waals surface area contributed by atoms with Gasteiger partial charge in [-0.15, -0.1) is 0 Å². The smallest absolute Gasteiger partial charge is 0.187 e. The van der Waals surface area contributed by atoms with Gasteiger partial charge in [0.1, 0.15) is 97.7 Å². The summed E-state index contributed by atoms with van der Waals surface area (Å²) in [6.45, 7) is -2.99. The third-order valence-electron chi connectivity index (χ3n) is 8.17. The summed E-state index contributed by atoms with van der Waals surface area (Å²) in [6.07, 6.45) is -35.1. The van der Waals surface area contributed by atoms with E-state index in [9.17, 15) is 71.5 Å². The fraction of sp³-hybridized carbons (Fsp3) is 1.00. The first-order chi connectivity index (χ1) is 21.2. The zero-order valence-corrected chi connectivity index (χ0v) is 23.5. The molecule has 45 heavy (non-hydrogen) atoms. The van der Waals surface area contributed by atoms with Gasteiger partial charge in [-0.05, 0) is 0 Å². The van der Waals surface area contributed by atoms with Crippen molar-refractivity contribution in [3.8, 4) is 0 Å². The van der Waals surface area contributed by atoms with Crippen molar-refractivity contribution in [2.45, 2.75) is 123 Å².